The Kier molecular flexibility index (Phi) is 7.30. The third-order valence-electron chi connectivity index (χ3n) is 6.40. The number of carbonyl (C=O) groups excluding carboxylic acids is 1. The second-order valence-corrected chi connectivity index (χ2v) is 9.74. The van der Waals surface area contributed by atoms with E-state index in [0.717, 1.165) is 49.5 Å². The zero-order valence-electron chi connectivity index (χ0n) is 19.9. The summed E-state index contributed by atoms with van der Waals surface area (Å²) in [7, 11) is 1.71. The average Bonchev–Trinajstić information content (AvgIpc) is 2.74. The summed E-state index contributed by atoms with van der Waals surface area (Å²) < 4.78 is 11.9. The van der Waals surface area contributed by atoms with Gasteiger partial charge in [0.2, 0.25) is 5.91 Å². The molecule has 2 aromatic carbocycles. The van der Waals surface area contributed by atoms with Crippen LogP contribution in [0.5, 0.6) is 11.5 Å². The molecule has 2 aromatic rings. The Morgan fingerprint density at radius 1 is 1.15 bits per heavy atom. The molecule has 4 rings (SSSR count). The van der Waals surface area contributed by atoms with E-state index in [1.807, 2.05) is 38.1 Å². The molecule has 1 N–H and O–H groups in total. The predicted octanol–water partition coefficient (Wildman–Crippen LogP) is 5.10. The van der Waals surface area contributed by atoms with Gasteiger partial charge in [-0.2, -0.15) is 0 Å². The van der Waals surface area contributed by atoms with Crippen molar-refractivity contribution in [1.29, 1.82) is 0 Å². The highest BCUT2D eigenvalue weighted by molar-refractivity contribution is 6.30. The third-order valence-corrected chi connectivity index (χ3v) is 6.62. The van der Waals surface area contributed by atoms with Crippen molar-refractivity contribution in [3.8, 4) is 11.5 Å². The number of ether oxygens (including phenoxy) is 2. The average molecular weight is 469 g/mol. The first kappa shape index (κ1) is 23.7. The Bertz CT molecular complexity index is 1060. The molecule has 1 heterocycles. The molecule has 1 amide bonds. The quantitative estimate of drug-likeness (QED) is 0.585. The zero-order chi connectivity index (χ0) is 23.5. The van der Waals surface area contributed by atoms with Crippen LogP contribution < -0.4 is 14.8 Å². The van der Waals surface area contributed by atoms with E-state index >= 15 is 0 Å². The van der Waals surface area contributed by atoms with Crippen LogP contribution in [-0.4, -0.2) is 43.6 Å². The molecule has 2 aliphatic rings. The Morgan fingerprint density at radius 3 is 2.67 bits per heavy atom. The molecule has 33 heavy (non-hydrogen) atoms. The zero-order valence-corrected chi connectivity index (χ0v) is 20.7. The van der Waals surface area contributed by atoms with Gasteiger partial charge < -0.3 is 14.8 Å². The second-order valence-electron chi connectivity index (χ2n) is 9.30. The molecule has 1 aliphatic carbocycles. The number of allylic oxidation sites excluding steroid dienone is 1. The van der Waals surface area contributed by atoms with Crippen LogP contribution in [0, 0.1) is 5.92 Å². The summed E-state index contributed by atoms with van der Waals surface area (Å²) in [6.07, 6.45) is 2.15. The molecular formula is C27H33ClN2O3. The van der Waals surface area contributed by atoms with Crippen molar-refractivity contribution < 1.29 is 14.3 Å². The first-order valence-corrected chi connectivity index (χ1v) is 12.0. The van der Waals surface area contributed by atoms with Gasteiger partial charge in [-0.05, 0) is 86.2 Å². The predicted molar refractivity (Wildman–Crippen MR) is 133 cm³/mol. The lowest BCUT2D eigenvalue weighted by Gasteiger charge is -2.39. The molecular weight excluding hydrogens is 436 g/mol. The Balaban J connectivity index is 1.39. The van der Waals surface area contributed by atoms with E-state index in [-0.39, 0.29) is 17.9 Å². The maximum Gasteiger partial charge on any atom is 0.225 e. The van der Waals surface area contributed by atoms with Gasteiger partial charge >= 0.3 is 0 Å². The first-order valence-electron chi connectivity index (χ1n) is 11.7. The van der Waals surface area contributed by atoms with Crippen molar-refractivity contribution in [3.05, 3.63) is 63.7 Å². The van der Waals surface area contributed by atoms with Gasteiger partial charge in [-0.15, -0.1) is 0 Å². The number of amides is 1. The molecule has 0 unspecified atom stereocenters. The summed E-state index contributed by atoms with van der Waals surface area (Å²) in [4.78, 5) is 14.1. The van der Waals surface area contributed by atoms with E-state index in [0.29, 0.717) is 11.6 Å². The number of nitrogens with zero attached hydrogens (tertiary/aromatic N) is 1. The third kappa shape index (κ3) is 5.71. The number of aryl methyl sites for hydroxylation is 1. The van der Waals surface area contributed by atoms with Crippen molar-refractivity contribution >= 4 is 23.1 Å². The molecule has 6 heteroatoms. The SMILES string of the molecule is CNC(=O)C1CN(CC2=C(C)c3ccc(OCc4cc(Cl)cc(OC(C)C)c4)cc3CC2)C1. The molecule has 1 aliphatic heterocycles. The molecule has 0 saturated carbocycles. The summed E-state index contributed by atoms with van der Waals surface area (Å²) in [5, 5.41) is 3.40. The lowest BCUT2D eigenvalue weighted by Crippen LogP contribution is -2.53. The van der Waals surface area contributed by atoms with Gasteiger partial charge in [0.05, 0.1) is 12.0 Å². The monoisotopic (exact) mass is 468 g/mol. The van der Waals surface area contributed by atoms with Crippen LogP contribution in [-0.2, 0) is 17.8 Å². The minimum Gasteiger partial charge on any atom is -0.491 e. The normalized spacial score (nSPS) is 16.4. The van der Waals surface area contributed by atoms with Gasteiger partial charge in [-0.25, -0.2) is 0 Å². The topological polar surface area (TPSA) is 50.8 Å². The largest absolute Gasteiger partial charge is 0.491 e. The summed E-state index contributed by atoms with van der Waals surface area (Å²) in [6, 6.07) is 12.1. The molecule has 1 saturated heterocycles. The van der Waals surface area contributed by atoms with Crippen LogP contribution in [0.1, 0.15) is 43.9 Å². The highest BCUT2D eigenvalue weighted by Crippen LogP contribution is 2.35. The highest BCUT2D eigenvalue weighted by atomic mass is 35.5. The van der Waals surface area contributed by atoms with Gasteiger partial charge in [-0.3, -0.25) is 9.69 Å². The van der Waals surface area contributed by atoms with E-state index in [4.69, 9.17) is 21.1 Å². The smallest absolute Gasteiger partial charge is 0.225 e. The molecule has 0 aromatic heterocycles. The number of fused-ring (bicyclic) bond motifs is 1. The fraction of sp³-hybridized carbons (Fsp3) is 0.444. The number of benzene rings is 2. The van der Waals surface area contributed by atoms with Crippen molar-refractivity contribution in [2.75, 3.05) is 26.7 Å². The lowest BCUT2D eigenvalue weighted by atomic mass is 9.85. The minimum absolute atomic E-state index is 0.0948. The summed E-state index contributed by atoms with van der Waals surface area (Å²) in [6.45, 7) is 9.30. The van der Waals surface area contributed by atoms with Gasteiger partial charge in [-0.1, -0.05) is 23.2 Å². The second kappa shape index (κ2) is 10.2. The Hall–Kier alpha value is -2.50. The van der Waals surface area contributed by atoms with Crippen LogP contribution in [0.25, 0.3) is 5.57 Å². The van der Waals surface area contributed by atoms with Gasteiger partial charge in [0.25, 0.3) is 0 Å². The summed E-state index contributed by atoms with van der Waals surface area (Å²) in [5.74, 6) is 1.92. The number of likely N-dealkylation sites (tertiary alicyclic amines) is 1. The van der Waals surface area contributed by atoms with Gasteiger partial charge in [0, 0.05) is 31.7 Å². The van der Waals surface area contributed by atoms with E-state index in [2.05, 4.69) is 29.3 Å². The van der Waals surface area contributed by atoms with Crippen molar-refractivity contribution in [3.63, 3.8) is 0 Å². The number of halogens is 1. The number of rotatable bonds is 8. The molecule has 0 bridgehead atoms. The fourth-order valence-electron chi connectivity index (χ4n) is 4.64. The Labute approximate surface area is 201 Å². The molecule has 0 radical (unpaired) electrons. The fourth-order valence-corrected chi connectivity index (χ4v) is 4.89. The van der Waals surface area contributed by atoms with Crippen molar-refractivity contribution in [2.24, 2.45) is 5.92 Å². The van der Waals surface area contributed by atoms with Crippen LogP contribution in [0.3, 0.4) is 0 Å². The maximum atomic E-state index is 11.7. The molecule has 1 fully saturated rings. The number of carbonyl (C=O) groups is 1. The van der Waals surface area contributed by atoms with Gasteiger partial charge in [0.1, 0.15) is 18.1 Å². The number of hydrogen-bond donors (Lipinski definition) is 1. The summed E-state index contributed by atoms with van der Waals surface area (Å²) >= 11 is 6.26. The van der Waals surface area contributed by atoms with E-state index in [1.54, 1.807) is 7.05 Å². The minimum atomic E-state index is 0.0948. The molecule has 176 valence electrons. The van der Waals surface area contributed by atoms with Crippen molar-refractivity contribution in [2.45, 2.75) is 46.3 Å². The van der Waals surface area contributed by atoms with Crippen LogP contribution >= 0.6 is 11.6 Å². The van der Waals surface area contributed by atoms with E-state index in [1.165, 1.54) is 22.3 Å². The van der Waals surface area contributed by atoms with Gasteiger partial charge in [0.15, 0.2) is 0 Å². The highest BCUT2D eigenvalue weighted by Gasteiger charge is 2.32. The molecule has 5 nitrogen and oxygen atoms in total. The molecule has 0 spiro atoms. The van der Waals surface area contributed by atoms with E-state index < -0.39 is 0 Å². The number of hydrogen-bond acceptors (Lipinski definition) is 4. The van der Waals surface area contributed by atoms with Crippen LogP contribution in [0.4, 0.5) is 0 Å². The van der Waals surface area contributed by atoms with Crippen molar-refractivity contribution in [1.82, 2.24) is 10.2 Å². The lowest BCUT2D eigenvalue weighted by molar-refractivity contribution is -0.129. The molecule has 0 atom stereocenters. The standard InChI is InChI=1S/C27H33ClN2O3/c1-17(2)33-25-10-19(9-23(28)12-25)16-32-24-7-8-26-18(3)21(6-5-20(26)11-24)13-30-14-22(15-30)27(31)29-4/h7-12,17,22H,5-6,13-16H2,1-4H3,(H,29,31). The summed E-state index contributed by atoms with van der Waals surface area (Å²) in [5.41, 5.74) is 6.45. The van der Waals surface area contributed by atoms with Crippen LogP contribution in [0.2, 0.25) is 5.02 Å². The van der Waals surface area contributed by atoms with Crippen LogP contribution in [0.15, 0.2) is 42.0 Å². The van der Waals surface area contributed by atoms with E-state index in [9.17, 15) is 4.79 Å². The number of nitrogens with one attached hydrogen (secondary N) is 1. The maximum absolute atomic E-state index is 11.7. The first-order chi connectivity index (χ1) is 15.8. The Morgan fingerprint density at radius 2 is 1.94 bits per heavy atom.